The molecule has 5 rings (SSSR count). The number of aliphatic carboxylic acids is 2. The van der Waals surface area contributed by atoms with E-state index >= 15 is 0 Å². The Morgan fingerprint density at radius 3 is 2.21 bits per heavy atom. The summed E-state index contributed by atoms with van der Waals surface area (Å²) < 4.78 is 65.4. The van der Waals surface area contributed by atoms with Crippen molar-refractivity contribution in [2.45, 2.75) is 44.6 Å². The van der Waals surface area contributed by atoms with Crippen molar-refractivity contribution in [3.63, 3.8) is 0 Å². The quantitative estimate of drug-likeness (QED) is 0.280. The van der Waals surface area contributed by atoms with Gasteiger partial charge < -0.3 is 10.2 Å². The molecule has 1 aliphatic heterocycles. The maximum atomic E-state index is 10.6. The first-order chi connectivity index (χ1) is 20.1. The summed E-state index contributed by atoms with van der Waals surface area (Å²) in [7, 11) is 0. The molecule has 1 atom stereocenters. The summed E-state index contributed by atoms with van der Waals surface area (Å²) in [4.78, 5) is 29.4. The number of likely N-dealkylation sites (tertiary alicyclic amines) is 1. The summed E-state index contributed by atoms with van der Waals surface area (Å²) in [5.74, 6) is -4.17. The van der Waals surface area contributed by atoms with Crippen LogP contribution in [0.4, 0.5) is 26.3 Å². The fourth-order valence-electron chi connectivity index (χ4n) is 4.26. The predicted molar refractivity (Wildman–Crippen MR) is 142 cm³/mol. The minimum absolute atomic E-state index is 0.385. The van der Waals surface area contributed by atoms with Crippen LogP contribution in [0.25, 0.3) is 16.8 Å². The Balaban J connectivity index is 0.000000303. The predicted octanol–water partition coefficient (Wildman–Crippen LogP) is 5.75. The van der Waals surface area contributed by atoms with Crippen LogP contribution in [-0.2, 0) is 16.1 Å². The standard InChI is InChI=1S/C24H25N5.2C2HF3O2/c1-18-5-2-6-19(13-18)15-28-12-4-8-22(16-28)24-26-23-10-9-21(17-29(23)27-24)20-7-3-11-25-14-20;2*3-2(4,5)1(6)7/h2-3,5-7,9-11,13-14,17,22H,4,8,12,15-16H2,1H3;2*(H,6,7). The molecule has 1 aromatic carbocycles. The SMILES string of the molecule is Cc1cccc(CN2CCCC(c3nc4ccc(-c5cccnc5)cn4n3)C2)c1.O=C(O)C(F)(F)F.O=C(O)C(F)(F)F. The van der Waals surface area contributed by atoms with E-state index in [9.17, 15) is 26.3 Å². The number of carbonyl (C=O) groups is 2. The number of benzene rings is 1. The summed E-state index contributed by atoms with van der Waals surface area (Å²) >= 11 is 0. The van der Waals surface area contributed by atoms with Crippen LogP contribution >= 0.6 is 0 Å². The first-order valence-corrected chi connectivity index (χ1v) is 12.8. The largest absolute Gasteiger partial charge is 0.490 e. The molecule has 4 heterocycles. The van der Waals surface area contributed by atoms with E-state index < -0.39 is 24.3 Å². The Morgan fingerprint density at radius 2 is 1.63 bits per heavy atom. The lowest BCUT2D eigenvalue weighted by Gasteiger charge is -2.31. The number of pyridine rings is 2. The van der Waals surface area contributed by atoms with Gasteiger partial charge in [0.25, 0.3) is 0 Å². The molecule has 2 N–H and O–H groups in total. The minimum atomic E-state index is -5.08. The topological polar surface area (TPSA) is 121 Å². The van der Waals surface area contributed by atoms with Crippen LogP contribution in [0.5, 0.6) is 0 Å². The molecule has 0 spiro atoms. The molecule has 4 aromatic rings. The van der Waals surface area contributed by atoms with Gasteiger partial charge in [0.05, 0.1) is 0 Å². The van der Waals surface area contributed by atoms with Crippen molar-refractivity contribution in [1.82, 2.24) is 24.5 Å². The normalized spacial score (nSPS) is 15.6. The van der Waals surface area contributed by atoms with Crippen molar-refractivity contribution in [3.05, 3.63) is 84.1 Å². The van der Waals surface area contributed by atoms with Crippen LogP contribution in [0.3, 0.4) is 0 Å². The molecule has 0 amide bonds. The van der Waals surface area contributed by atoms with Gasteiger partial charge in [0.2, 0.25) is 0 Å². The molecule has 3 aromatic heterocycles. The van der Waals surface area contributed by atoms with Gasteiger partial charge in [0.1, 0.15) is 0 Å². The Kier molecular flexibility index (Phi) is 10.8. The summed E-state index contributed by atoms with van der Waals surface area (Å²) in [6.45, 7) is 5.31. The van der Waals surface area contributed by atoms with Gasteiger partial charge in [-0.15, -0.1) is 0 Å². The van der Waals surface area contributed by atoms with Crippen LogP contribution in [0.15, 0.2) is 67.1 Å². The Morgan fingerprint density at radius 1 is 0.953 bits per heavy atom. The van der Waals surface area contributed by atoms with Gasteiger partial charge in [-0.1, -0.05) is 35.9 Å². The molecule has 0 saturated carbocycles. The van der Waals surface area contributed by atoms with Gasteiger partial charge in [0, 0.05) is 48.7 Å². The second-order valence-electron chi connectivity index (χ2n) is 9.60. The highest BCUT2D eigenvalue weighted by Gasteiger charge is 2.38. The summed E-state index contributed by atoms with van der Waals surface area (Å²) in [5, 5.41) is 19.1. The van der Waals surface area contributed by atoms with Crippen molar-refractivity contribution < 1.29 is 46.1 Å². The van der Waals surface area contributed by atoms with Gasteiger partial charge in [-0.3, -0.25) is 9.88 Å². The number of fused-ring (bicyclic) bond motifs is 1. The van der Waals surface area contributed by atoms with Crippen LogP contribution in [0, 0.1) is 6.92 Å². The molecule has 0 radical (unpaired) electrons. The highest BCUT2D eigenvalue weighted by molar-refractivity contribution is 5.73. The number of aromatic nitrogens is 4. The Hall–Kier alpha value is -4.53. The first kappa shape index (κ1) is 33.0. The number of rotatable bonds is 4. The Bertz CT molecular complexity index is 1500. The number of carboxylic acids is 2. The van der Waals surface area contributed by atoms with Gasteiger partial charge in [-0.25, -0.2) is 19.1 Å². The monoisotopic (exact) mass is 611 g/mol. The van der Waals surface area contributed by atoms with Gasteiger partial charge >= 0.3 is 24.3 Å². The van der Waals surface area contributed by atoms with Gasteiger partial charge in [-0.2, -0.15) is 31.4 Å². The minimum Gasteiger partial charge on any atom is -0.475 e. The van der Waals surface area contributed by atoms with Crippen molar-refractivity contribution >= 4 is 17.6 Å². The fraction of sp³-hybridized carbons (Fsp3) is 0.321. The van der Waals surface area contributed by atoms with E-state index in [2.05, 4.69) is 59.4 Å². The third kappa shape index (κ3) is 10.1. The molecule has 15 heteroatoms. The van der Waals surface area contributed by atoms with Crippen molar-refractivity contribution in [3.8, 4) is 11.1 Å². The van der Waals surface area contributed by atoms with Gasteiger partial charge in [0.15, 0.2) is 11.5 Å². The zero-order chi connectivity index (χ0) is 31.8. The lowest BCUT2D eigenvalue weighted by molar-refractivity contribution is -0.193. The molecule has 43 heavy (non-hydrogen) atoms. The van der Waals surface area contributed by atoms with Crippen LogP contribution < -0.4 is 0 Å². The molecule has 1 fully saturated rings. The third-order valence-corrected chi connectivity index (χ3v) is 6.19. The molecule has 1 saturated heterocycles. The molecule has 230 valence electrons. The highest BCUT2D eigenvalue weighted by atomic mass is 19.4. The maximum Gasteiger partial charge on any atom is 0.490 e. The lowest BCUT2D eigenvalue weighted by atomic mass is 9.97. The number of nitrogens with zero attached hydrogens (tertiary/aromatic N) is 5. The lowest BCUT2D eigenvalue weighted by Crippen LogP contribution is -2.34. The number of aryl methyl sites for hydroxylation is 1. The zero-order valence-electron chi connectivity index (χ0n) is 22.7. The third-order valence-electron chi connectivity index (χ3n) is 6.19. The van der Waals surface area contributed by atoms with E-state index in [-0.39, 0.29) is 0 Å². The van der Waals surface area contributed by atoms with Crippen molar-refractivity contribution in [2.75, 3.05) is 13.1 Å². The van der Waals surface area contributed by atoms with E-state index in [1.807, 2.05) is 22.8 Å². The molecule has 1 unspecified atom stereocenters. The highest BCUT2D eigenvalue weighted by Crippen LogP contribution is 2.27. The first-order valence-electron chi connectivity index (χ1n) is 12.8. The second kappa shape index (κ2) is 14.1. The van der Waals surface area contributed by atoms with Crippen molar-refractivity contribution in [2.24, 2.45) is 0 Å². The summed E-state index contributed by atoms with van der Waals surface area (Å²) in [6.07, 6.45) is -2.11. The number of hydrogen-bond donors (Lipinski definition) is 2. The fourth-order valence-corrected chi connectivity index (χ4v) is 4.26. The van der Waals surface area contributed by atoms with E-state index in [1.165, 1.54) is 17.5 Å². The van der Waals surface area contributed by atoms with E-state index in [1.54, 1.807) is 6.20 Å². The average Bonchev–Trinajstić information content (AvgIpc) is 3.37. The number of carboxylic acid groups (broad SMARTS) is 2. The van der Waals surface area contributed by atoms with Gasteiger partial charge in [-0.05, 0) is 50.1 Å². The number of hydrogen-bond acceptors (Lipinski definition) is 6. The molecule has 0 bridgehead atoms. The van der Waals surface area contributed by atoms with Crippen LogP contribution in [0.2, 0.25) is 0 Å². The zero-order valence-corrected chi connectivity index (χ0v) is 22.7. The smallest absolute Gasteiger partial charge is 0.475 e. The van der Waals surface area contributed by atoms with E-state index in [4.69, 9.17) is 29.9 Å². The molecule has 0 aliphatic carbocycles. The maximum absolute atomic E-state index is 10.6. The second-order valence-corrected chi connectivity index (χ2v) is 9.60. The molecule has 1 aliphatic rings. The summed E-state index contributed by atoms with van der Waals surface area (Å²) in [6, 6.07) is 17.0. The van der Waals surface area contributed by atoms with Crippen molar-refractivity contribution in [1.29, 1.82) is 0 Å². The molecular formula is C28H27F6N5O4. The van der Waals surface area contributed by atoms with E-state index in [0.29, 0.717) is 5.92 Å². The molecule has 9 nitrogen and oxygen atoms in total. The number of halogens is 6. The average molecular weight is 612 g/mol. The van der Waals surface area contributed by atoms with Crippen LogP contribution in [0.1, 0.15) is 35.7 Å². The van der Waals surface area contributed by atoms with Crippen LogP contribution in [-0.4, -0.2) is 72.1 Å². The summed E-state index contributed by atoms with van der Waals surface area (Å²) in [5.41, 5.74) is 5.81. The number of alkyl halides is 6. The Labute approximate surface area is 241 Å². The van der Waals surface area contributed by atoms with E-state index in [0.717, 1.165) is 48.7 Å². The number of piperidine rings is 1. The molecular weight excluding hydrogens is 584 g/mol.